The maximum Gasteiger partial charge on any atom is 0.404 e. The lowest BCUT2D eigenvalue weighted by molar-refractivity contribution is -0.147. The van der Waals surface area contributed by atoms with Gasteiger partial charge in [-0.25, -0.2) is 13.4 Å². The number of aliphatic hydroxyl groups is 1. The zero-order valence-corrected chi connectivity index (χ0v) is 23.2. The summed E-state index contributed by atoms with van der Waals surface area (Å²) in [5, 5.41) is 13.3. The van der Waals surface area contributed by atoms with Gasteiger partial charge in [0.2, 0.25) is 10.0 Å². The van der Waals surface area contributed by atoms with E-state index in [1.165, 1.54) is 23.0 Å². The summed E-state index contributed by atoms with van der Waals surface area (Å²) in [7, 11) is -4.44. The van der Waals surface area contributed by atoms with Gasteiger partial charge >= 0.3 is 6.18 Å². The monoisotopic (exact) mass is 571 g/mol. The number of benzene rings is 1. The number of alkyl halides is 3. The summed E-state index contributed by atoms with van der Waals surface area (Å²) in [6.45, 7) is 4.32. The SMILES string of the molecule is CCc1c(-c2sc(C(=O)NCC3(O)CCC3)nc2C=C2CCC2)ccc(S(=O)(=O)N[C@@H](C)C(F)(F)F)c1C. The normalized spacial score (nSPS) is 17.9. The molecule has 1 aromatic heterocycles. The summed E-state index contributed by atoms with van der Waals surface area (Å²) in [4.78, 5) is 18.0. The fourth-order valence-corrected chi connectivity index (χ4v) is 7.09. The number of halogens is 3. The predicted octanol–water partition coefficient (Wildman–Crippen LogP) is 5.12. The number of hydrogen-bond acceptors (Lipinski definition) is 6. The van der Waals surface area contributed by atoms with Crippen molar-refractivity contribution in [2.24, 2.45) is 0 Å². The van der Waals surface area contributed by atoms with Crippen molar-refractivity contribution in [1.82, 2.24) is 15.0 Å². The Kier molecular flexibility index (Phi) is 8.09. The van der Waals surface area contributed by atoms with E-state index in [1.54, 1.807) is 17.7 Å². The lowest BCUT2D eigenvalue weighted by Crippen LogP contribution is -2.47. The zero-order chi connectivity index (χ0) is 27.9. The van der Waals surface area contributed by atoms with Gasteiger partial charge in [0, 0.05) is 6.54 Å². The highest BCUT2D eigenvalue weighted by molar-refractivity contribution is 7.89. The van der Waals surface area contributed by atoms with Gasteiger partial charge in [-0.1, -0.05) is 18.6 Å². The maximum atomic E-state index is 13.0. The Bertz CT molecular complexity index is 1360. The molecule has 3 N–H and O–H groups in total. The first-order valence-corrected chi connectivity index (χ1v) is 15.0. The fraction of sp³-hybridized carbons (Fsp3) is 0.538. The second-order valence-electron chi connectivity index (χ2n) is 10.1. The molecule has 1 heterocycles. The maximum absolute atomic E-state index is 13.0. The summed E-state index contributed by atoms with van der Waals surface area (Å²) >= 11 is 1.18. The Morgan fingerprint density at radius 1 is 1.26 bits per heavy atom. The minimum Gasteiger partial charge on any atom is -0.388 e. The van der Waals surface area contributed by atoms with Crippen molar-refractivity contribution in [3.63, 3.8) is 0 Å². The molecule has 0 spiro atoms. The van der Waals surface area contributed by atoms with Crippen LogP contribution in [0.3, 0.4) is 0 Å². The van der Waals surface area contributed by atoms with Crippen molar-refractivity contribution >= 4 is 33.3 Å². The molecule has 38 heavy (non-hydrogen) atoms. The van der Waals surface area contributed by atoms with E-state index in [2.05, 4.69) is 10.3 Å². The zero-order valence-electron chi connectivity index (χ0n) is 21.5. The molecule has 208 valence electrons. The van der Waals surface area contributed by atoms with Gasteiger partial charge in [0.05, 0.1) is 21.1 Å². The lowest BCUT2D eigenvalue weighted by Gasteiger charge is -2.36. The van der Waals surface area contributed by atoms with Crippen LogP contribution in [-0.4, -0.2) is 48.8 Å². The van der Waals surface area contributed by atoms with Crippen molar-refractivity contribution in [3.8, 4) is 10.4 Å². The molecule has 2 saturated carbocycles. The average molecular weight is 572 g/mol. The van der Waals surface area contributed by atoms with E-state index in [-0.39, 0.29) is 16.4 Å². The number of thiazole rings is 1. The van der Waals surface area contributed by atoms with Gasteiger partial charge in [-0.2, -0.15) is 17.9 Å². The second-order valence-corrected chi connectivity index (χ2v) is 12.8. The van der Waals surface area contributed by atoms with Crippen molar-refractivity contribution in [1.29, 1.82) is 0 Å². The molecule has 0 saturated heterocycles. The Morgan fingerprint density at radius 3 is 2.47 bits per heavy atom. The number of allylic oxidation sites excluding steroid dienone is 1. The minimum atomic E-state index is -4.72. The molecule has 2 aromatic rings. The number of aromatic nitrogens is 1. The van der Waals surface area contributed by atoms with Crippen LogP contribution in [0.15, 0.2) is 22.6 Å². The standard InChI is InChI=1S/C26H32F3N3O4S2/c1-4-18-15(2)21(38(35,36)32-16(3)26(27,28)29)10-9-19(18)22-20(13-17-7-5-8-17)31-24(37-22)23(33)30-14-25(34)11-6-12-25/h9-10,13,16,32,34H,4-8,11-12,14H2,1-3H3,(H,30,33)/t16-/m0/s1. The Hall–Kier alpha value is -2.28. The van der Waals surface area contributed by atoms with E-state index in [0.717, 1.165) is 32.6 Å². The van der Waals surface area contributed by atoms with Crippen molar-refractivity contribution in [2.45, 2.75) is 88.4 Å². The lowest BCUT2D eigenvalue weighted by atomic mass is 9.80. The van der Waals surface area contributed by atoms with Crippen LogP contribution in [0.25, 0.3) is 16.5 Å². The molecular formula is C26H32F3N3O4S2. The molecule has 2 fully saturated rings. The molecule has 1 amide bonds. The smallest absolute Gasteiger partial charge is 0.388 e. The molecule has 2 aliphatic rings. The van der Waals surface area contributed by atoms with Crippen LogP contribution in [0, 0.1) is 6.92 Å². The number of nitrogens with one attached hydrogen (secondary N) is 2. The van der Waals surface area contributed by atoms with E-state index < -0.39 is 33.7 Å². The molecule has 1 aromatic carbocycles. The van der Waals surface area contributed by atoms with E-state index in [0.29, 0.717) is 46.5 Å². The molecule has 12 heteroatoms. The Labute approximate surface area is 224 Å². The van der Waals surface area contributed by atoms with Crippen molar-refractivity contribution in [2.75, 3.05) is 6.54 Å². The number of sulfonamides is 1. The predicted molar refractivity (Wildman–Crippen MR) is 140 cm³/mol. The third kappa shape index (κ3) is 5.98. The molecule has 0 aliphatic heterocycles. The van der Waals surface area contributed by atoms with Gasteiger partial charge in [0.1, 0.15) is 6.04 Å². The Balaban J connectivity index is 1.71. The first-order chi connectivity index (χ1) is 17.7. The molecule has 2 aliphatic carbocycles. The first-order valence-electron chi connectivity index (χ1n) is 12.7. The summed E-state index contributed by atoms with van der Waals surface area (Å²) in [5.41, 5.74) is 2.62. The number of carbonyl (C=O) groups excluding carboxylic acids is 1. The van der Waals surface area contributed by atoms with E-state index in [4.69, 9.17) is 0 Å². The highest BCUT2D eigenvalue weighted by Gasteiger charge is 2.39. The van der Waals surface area contributed by atoms with Crippen LogP contribution in [0.2, 0.25) is 0 Å². The quantitative estimate of drug-likeness (QED) is 0.387. The van der Waals surface area contributed by atoms with E-state index in [9.17, 15) is 31.5 Å². The van der Waals surface area contributed by atoms with Crippen LogP contribution in [0.4, 0.5) is 13.2 Å². The number of rotatable bonds is 9. The van der Waals surface area contributed by atoms with Crippen LogP contribution in [0.1, 0.15) is 79.0 Å². The van der Waals surface area contributed by atoms with Gasteiger partial charge in [-0.3, -0.25) is 4.79 Å². The summed E-state index contributed by atoms with van der Waals surface area (Å²) in [6.07, 6.45) is 2.80. The second kappa shape index (κ2) is 10.7. The van der Waals surface area contributed by atoms with E-state index >= 15 is 0 Å². The summed E-state index contributed by atoms with van der Waals surface area (Å²) < 4.78 is 66.5. The Morgan fingerprint density at radius 2 is 1.95 bits per heavy atom. The van der Waals surface area contributed by atoms with Crippen LogP contribution >= 0.6 is 11.3 Å². The van der Waals surface area contributed by atoms with Crippen molar-refractivity contribution in [3.05, 3.63) is 39.5 Å². The molecule has 0 unspecified atom stereocenters. The largest absolute Gasteiger partial charge is 0.404 e. The minimum absolute atomic E-state index is 0.145. The molecular weight excluding hydrogens is 539 g/mol. The third-order valence-corrected chi connectivity index (χ3v) is 10.1. The highest BCUT2D eigenvalue weighted by atomic mass is 32.2. The number of amides is 1. The summed E-state index contributed by atoms with van der Waals surface area (Å²) in [6, 6.07) is 0.646. The van der Waals surface area contributed by atoms with Crippen LogP contribution < -0.4 is 10.0 Å². The van der Waals surface area contributed by atoms with Crippen molar-refractivity contribution < 1.29 is 31.5 Å². The molecule has 7 nitrogen and oxygen atoms in total. The summed E-state index contributed by atoms with van der Waals surface area (Å²) in [5.74, 6) is -0.394. The first kappa shape index (κ1) is 28.7. The fourth-order valence-electron chi connectivity index (χ4n) is 4.58. The van der Waals surface area contributed by atoms with Gasteiger partial charge in [-0.05, 0) is 87.6 Å². The third-order valence-electron chi connectivity index (χ3n) is 7.31. The van der Waals surface area contributed by atoms with Gasteiger partial charge in [-0.15, -0.1) is 11.3 Å². The molecule has 0 radical (unpaired) electrons. The van der Waals surface area contributed by atoms with Crippen LogP contribution in [0.5, 0.6) is 0 Å². The topological polar surface area (TPSA) is 108 Å². The molecule has 1 atom stereocenters. The molecule has 0 bridgehead atoms. The number of hydrogen-bond donors (Lipinski definition) is 3. The highest BCUT2D eigenvalue weighted by Crippen LogP contribution is 2.39. The number of carbonyl (C=O) groups is 1. The number of nitrogens with zero attached hydrogens (tertiary/aromatic N) is 1. The van der Waals surface area contributed by atoms with E-state index in [1.807, 2.05) is 13.0 Å². The molecule has 4 rings (SSSR count). The van der Waals surface area contributed by atoms with Gasteiger partial charge in [0.15, 0.2) is 5.01 Å². The van der Waals surface area contributed by atoms with Crippen LogP contribution in [-0.2, 0) is 16.4 Å². The van der Waals surface area contributed by atoms with Gasteiger partial charge < -0.3 is 10.4 Å². The van der Waals surface area contributed by atoms with Gasteiger partial charge in [0.25, 0.3) is 5.91 Å². The average Bonchev–Trinajstić information content (AvgIpc) is 3.21.